The molecule has 9 heteroatoms. The molecule has 1 aromatic heterocycles. The molecule has 0 aliphatic carbocycles. The van der Waals surface area contributed by atoms with Crippen LogP contribution >= 0.6 is 0 Å². The molecule has 1 aromatic carbocycles. The molecule has 9 nitrogen and oxygen atoms in total. The van der Waals surface area contributed by atoms with Crippen LogP contribution in [0.1, 0.15) is 22.3 Å². The third-order valence-electron chi connectivity index (χ3n) is 4.54. The van der Waals surface area contributed by atoms with Gasteiger partial charge in [-0.2, -0.15) is 0 Å². The summed E-state index contributed by atoms with van der Waals surface area (Å²) in [6.45, 7) is 1.50. The molecule has 1 aliphatic heterocycles. The van der Waals surface area contributed by atoms with Gasteiger partial charge in [-0.3, -0.25) is 10.0 Å². The normalized spacial score (nSPS) is 17.3. The zero-order chi connectivity index (χ0) is 19.2. The molecule has 2 heterocycles. The number of carboxylic acid groups (broad SMARTS) is 1. The number of hydrogen-bond donors (Lipinski definition) is 3. The van der Waals surface area contributed by atoms with E-state index < -0.39 is 12.0 Å². The van der Waals surface area contributed by atoms with Crippen molar-refractivity contribution in [2.24, 2.45) is 0 Å². The maximum Gasteiger partial charge on any atom is 0.407 e. The maximum absolute atomic E-state index is 11.7. The standard InChI is InChI=1S/C18H21N5O4/c24-16(21-27)14-10-19-17(20-11-14)22-7-4-8-23(18(25)26)15(12-22)9-13-5-2-1-3-6-13/h1-3,5-6,10-11,15,27H,4,7-9,12H2,(H,21,24)(H,25,26). The first-order chi connectivity index (χ1) is 13.1. The van der Waals surface area contributed by atoms with E-state index in [2.05, 4.69) is 9.97 Å². The lowest BCUT2D eigenvalue weighted by molar-refractivity contribution is 0.0705. The predicted octanol–water partition coefficient (Wildman–Crippen LogP) is 1.40. The first kappa shape index (κ1) is 18.6. The molecule has 1 unspecified atom stereocenters. The van der Waals surface area contributed by atoms with E-state index >= 15 is 0 Å². The molecule has 1 aliphatic rings. The average Bonchev–Trinajstić information content (AvgIpc) is 2.91. The van der Waals surface area contributed by atoms with Gasteiger partial charge in [0.05, 0.1) is 11.6 Å². The predicted molar refractivity (Wildman–Crippen MR) is 96.8 cm³/mol. The summed E-state index contributed by atoms with van der Waals surface area (Å²) in [5, 5.41) is 18.3. The summed E-state index contributed by atoms with van der Waals surface area (Å²) in [6, 6.07) is 9.51. The highest BCUT2D eigenvalue weighted by molar-refractivity contribution is 5.92. The van der Waals surface area contributed by atoms with Gasteiger partial charge in [-0.05, 0) is 18.4 Å². The van der Waals surface area contributed by atoms with Gasteiger partial charge in [-0.1, -0.05) is 30.3 Å². The van der Waals surface area contributed by atoms with Gasteiger partial charge in [0.2, 0.25) is 5.95 Å². The number of carbonyl (C=O) groups excluding carboxylic acids is 1. The molecule has 2 aromatic rings. The highest BCUT2D eigenvalue weighted by atomic mass is 16.5. The summed E-state index contributed by atoms with van der Waals surface area (Å²) in [5.74, 6) is -0.258. The molecule has 27 heavy (non-hydrogen) atoms. The fourth-order valence-corrected chi connectivity index (χ4v) is 3.22. The minimum atomic E-state index is -0.936. The van der Waals surface area contributed by atoms with Crippen molar-refractivity contribution in [1.82, 2.24) is 20.3 Å². The largest absolute Gasteiger partial charge is 0.465 e. The minimum Gasteiger partial charge on any atom is -0.465 e. The first-order valence-corrected chi connectivity index (χ1v) is 8.63. The number of anilines is 1. The third kappa shape index (κ3) is 4.50. The third-order valence-corrected chi connectivity index (χ3v) is 4.54. The topological polar surface area (TPSA) is 119 Å². The van der Waals surface area contributed by atoms with Crippen molar-refractivity contribution in [2.45, 2.75) is 18.9 Å². The molecule has 2 amide bonds. The number of nitrogens with one attached hydrogen (secondary N) is 1. The van der Waals surface area contributed by atoms with Gasteiger partial charge in [-0.25, -0.2) is 20.2 Å². The number of rotatable bonds is 4. The van der Waals surface area contributed by atoms with Crippen molar-refractivity contribution in [1.29, 1.82) is 0 Å². The maximum atomic E-state index is 11.7. The molecule has 3 rings (SSSR count). The summed E-state index contributed by atoms with van der Waals surface area (Å²) in [4.78, 5) is 34.9. The van der Waals surface area contributed by atoms with E-state index in [1.54, 1.807) is 0 Å². The van der Waals surface area contributed by atoms with E-state index in [-0.39, 0.29) is 11.6 Å². The zero-order valence-electron chi connectivity index (χ0n) is 14.7. The van der Waals surface area contributed by atoms with Crippen LogP contribution in [0, 0.1) is 0 Å². The second kappa shape index (κ2) is 8.45. The molecular weight excluding hydrogens is 350 g/mol. The molecule has 0 saturated carbocycles. The molecule has 1 atom stereocenters. The second-order valence-electron chi connectivity index (χ2n) is 6.33. The summed E-state index contributed by atoms with van der Waals surface area (Å²) < 4.78 is 0. The number of hydroxylamine groups is 1. The van der Waals surface area contributed by atoms with Crippen LogP contribution in [0.5, 0.6) is 0 Å². The Morgan fingerprint density at radius 3 is 2.48 bits per heavy atom. The van der Waals surface area contributed by atoms with Crippen molar-refractivity contribution in [3.05, 3.63) is 53.9 Å². The highest BCUT2D eigenvalue weighted by Gasteiger charge is 2.29. The van der Waals surface area contributed by atoms with Crippen LogP contribution in [0.15, 0.2) is 42.7 Å². The van der Waals surface area contributed by atoms with E-state index in [0.29, 0.717) is 38.4 Å². The van der Waals surface area contributed by atoms with Gasteiger partial charge in [-0.15, -0.1) is 0 Å². The molecular formula is C18H21N5O4. The Hall–Kier alpha value is -3.20. The Balaban J connectivity index is 1.80. The monoisotopic (exact) mass is 371 g/mol. The second-order valence-corrected chi connectivity index (χ2v) is 6.33. The number of aromatic nitrogens is 2. The van der Waals surface area contributed by atoms with Gasteiger partial charge in [0.1, 0.15) is 0 Å². The fourth-order valence-electron chi connectivity index (χ4n) is 3.22. The molecule has 0 radical (unpaired) electrons. The van der Waals surface area contributed by atoms with Crippen molar-refractivity contribution in [2.75, 3.05) is 24.5 Å². The van der Waals surface area contributed by atoms with Gasteiger partial charge in [0.15, 0.2) is 0 Å². The van der Waals surface area contributed by atoms with Crippen LogP contribution in [0.4, 0.5) is 10.7 Å². The lowest BCUT2D eigenvalue weighted by atomic mass is 10.0. The number of nitrogens with zero attached hydrogens (tertiary/aromatic N) is 4. The van der Waals surface area contributed by atoms with E-state index in [0.717, 1.165) is 5.56 Å². The van der Waals surface area contributed by atoms with Crippen LogP contribution in [0.3, 0.4) is 0 Å². The van der Waals surface area contributed by atoms with Gasteiger partial charge in [0, 0.05) is 32.0 Å². The Morgan fingerprint density at radius 2 is 1.85 bits per heavy atom. The smallest absolute Gasteiger partial charge is 0.407 e. The Bertz CT molecular complexity index is 784. The van der Waals surface area contributed by atoms with Crippen LogP contribution in [0.25, 0.3) is 0 Å². The Morgan fingerprint density at radius 1 is 1.15 bits per heavy atom. The molecule has 0 spiro atoms. The molecule has 0 bridgehead atoms. The van der Waals surface area contributed by atoms with Gasteiger partial charge in [0.25, 0.3) is 5.91 Å². The molecule has 1 saturated heterocycles. The first-order valence-electron chi connectivity index (χ1n) is 8.63. The lowest BCUT2D eigenvalue weighted by Gasteiger charge is -2.30. The van der Waals surface area contributed by atoms with Crippen molar-refractivity contribution < 1.29 is 19.9 Å². The van der Waals surface area contributed by atoms with Crippen molar-refractivity contribution in [3.8, 4) is 0 Å². The SMILES string of the molecule is O=C(NO)c1cnc(N2CCCN(C(=O)O)C(Cc3ccccc3)C2)nc1. The summed E-state index contributed by atoms with van der Waals surface area (Å²) in [7, 11) is 0. The Kier molecular flexibility index (Phi) is 5.82. The van der Waals surface area contributed by atoms with Gasteiger partial charge >= 0.3 is 6.09 Å². The summed E-state index contributed by atoms with van der Waals surface area (Å²) in [5.41, 5.74) is 2.74. The number of hydrogen-bond acceptors (Lipinski definition) is 6. The number of benzene rings is 1. The lowest BCUT2D eigenvalue weighted by Crippen LogP contribution is -2.45. The van der Waals surface area contributed by atoms with Crippen LogP contribution in [0.2, 0.25) is 0 Å². The quantitative estimate of drug-likeness (QED) is 0.549. The van der Waals surface area contributed by atoms with Crippen LogP contribution in [-0.2, 0) is 6.42 Å². The van der Waals surface area contributed by atoms with E-state index in [1.807, 2.05) is 35.2 Å². The molecule has 142 valence electrons. The molecule has 3 N–H and O–H groups in total. The highest BCUT2D eigenvalue weighted by Crippen LogP contribution is 2.18. The van der Waals surface area contributed by atoms with Gasteiger partial charge < -0.3 is 14.9 Å². The zero-order valence-corrected chi connectivity index (χ0v) is 14.7. The van der Waals surface area contributed by atoms with Crippen molar-refractivity contribution >= 4 is 17.9 Å². The minimum absolute atomic E-state index is 0.143. The van der Waals surface area contributed by atoms with Crippen LogP contribution in [-0.4, -0.2) is 62.9 Å². The van der Waals surface area contributed by atoms with E-state index in [1.165, 1.54) is 22.8 Å². The fraction of sp³-hybridized carbons (Fsp3) is 0.333. The van der Waals surface area contributed by atoms with E-state index in [4.69, 9.17) is 5.21 Å². The summed E-state index contributed by atoms with van der Waals surface area (Å²) >= 11 is 0. The average molecular weight is 371 g/mol. The molecule has 1 fully saturated rings. The van der Waals surface area contributed by atoms with E-state index in [9.17, 15) is 14.7 Å². The summed E-state index contributed by atoms with van der Waals surface area (Å²) in [6.07, 6.45) is 2.97. The number of amides is 2. The van der Waals surface area contributed by atoms with Crippen LogP contribution < -0.4 is 10.4 Å². The van der Waals surface area contributed by atoms with Crippen molar-refractivity contribution in [3.63, 3.8) is 0 Å². The Labute approximate surface area is 156 Å². The number of carbonyl (C=O) groups is 2.